The number of fused-ring (bicyclic) bond motifs is 1. The van der Waals surface area contributed by atoms with Crippen LogP contribution in [0.1, 0.15) is 42.6 Å². The molecule has 31 heavy (non-hydrogen) atoms. The number of anilines is 2. The van der Waals surface area contributed by atoms with E-state index < -0.39 is 0 Å². The SMILES string of the molecule is CC(C)=CCN(C(=O)c1sc2nc(C3=CC[C@@H](C)NC3)ccc2c1N)c1ccccc1. The van der Waals surface area contributed by atoms with Crippen molar-refractivity contribution >= 4 is 44.4 Å². The largest absolute Gasteiger partial charge is 0.397 e. The molecule has 3 heterocycles. The van der Waals surface area contributed by atoms with Crippen molar-refractivity contribution in [3.05, 3.63) is 70.8 Å². The Hall–Kier alpha value is -2.96. The number of thiophene rings is 1. The van der Waals surface area contributed by atoms with Crippen LogP contribution in [0.3, 0.4) is 0 Å². The van der Waals surface area contributed by atoms with Crippen LogP contribution in [0.4, 0.5) is 11.4 Å². The molecule has 0 aliphatic carbocycles. The summed E-state index contributed by atoms with van der Waals surface area (Å²) in [5, 5.41) is 4.31. The number of pyridine rings is 1. The van der Waals surface area contributed by atoms with Crippen LogP contribution < -0.4 is 16.0 Å². The second kappa shape index (κ2) is 9.04. The molecule has 0 fully saturated rings. The maximum Gasteiger partial charge on any atom is 0.270 e. The van der Waals surface area contributed by atoms with Crippen molar-refractivity contribution in [3.63, 3.8) is 0 Å². The summed E-state index contributed by atoms with van der Waals surface area (Å²) in [7, 11) is 0. The number of hydrogen-bond donors (Lipinski definition) is 2. The molecule has 5 nitrogen and oxygen atoms in total. The fourth-order valence-electron chi connectivity index (χ4n) is 3.60. The lowest BCUT2D eigenvalue weighted by molar-refractivity contribution is 0.0994. The Morgan fingerprint density at radius 3 is 2.71 bits per heavy atom. The van der Waals surface area contributed by atoms with Crippen LogP contribution >= 0.6 is 11.3 Å². The Kier molecular flexibility index (Phi) is 6.20. The number of allylic oxidation sites excluding steroid dienone is 1. The molecule has 3 aromatic rings. The predicted molar refractivity (Wildman–Crippen MR) is 132 cm³/mol. The van der Waals surface area contributed by atoms with E-state index >= 15 is 0 Å². The summed E-state index contributed by atoms with van der Waals surface area (Å²) in [4.78, 5) is 21.5. The number of carbonyl (C=O) groups excluding carboxylic acids is 1. The zero-order valence-corrected chi connectivity index (χ0v) is 19.0. The van der Waals surface area contributed by atoms with Crippen LogP contribution in [0, 0.1) is 0 Å². The Morgan fingerprint density at radius 1 is 1.26 bits per heavy atom. The number of hydrogen-bond acceptors (Lipinski definition) is 5. The normalized spacial score (nSPS) is 16.1. The van der Waals surface area contributed by atoms with Gasteiger partial charge in [-0.25, -0.2) is 4.98 Å². The van der Waals surface area contributed by atoms with Gasteiger partial charge in [0.25, 0.3) is 5.91 Å². The first-order valence-corrected chi connectivity index (χ1v) is 11.4. The van der Waals surface area contributed by atoms with E-state index in [2.05, 4.69) is 18.3 Å². The summed E-state index contributed by atoms with van der Waals surface area (Å²) in [6.07, 6.45) is 5.28. The van der Waals surface area contributed by atoms with Gasteiger partial charge < -0.3 is 16.0 Å². The fraction of sp³-hybridized carbons (Fsp3) is 0.280. The average Bonchev–Trinajstić information content (AvgIpc) is 3.10. The second-order valence-corrected chi connectivity index (χ2v) is 9.17. The number of amides is 1. The molecule has 0 saturated heterocycles. The number of nitrogens with two attached hydrogens (primary N) is 1. The summed E-state index contributed by atoms with van der Waals surface area (Å²) < 4.78 is 0. The van der Waals surface area contributed by atoms with Crippen LogP contribution in [-0.2, 0) is 0 Å². The van der Waals surface area contributed by atoms with E-state index in [9.17, 15) is 4.79 Å². The standard InChI is InChI=1S/C25H28N4OS/c1-16(2)13-14-29(19-7-5-4-6-8-19)25(30)23-22(26)20-11-12-21(28-24(20)31-23)18-10-9-17(3)27-15-18/h4-8,10-13,17,27H,9,14-15,26H2,1-3H3/t17-/m1/s1. The van der Waals surface area contributed by atoms with Crippen LogP contribution in [-0.4, -0.2) is 30.0 Å². The molecule has 4 rings (SSSR count). The van der Waals surface area contributed by atoms with Gasteiger partial charge in [-0.1, -0.05) is 35.9 Å². The summed E-state index contributed by atoms with van der Waals surface area (Å²) in [6, 6.07) is 14.2. The van der Waals surface area contributed by atoms with Crippen LogP contribution in [0.5, 0.6) is 0 Å². The Bertz CT molecular complexity index is 1160. The molecule has 2 aromatic heterocycles. The van der Waals surface area contributed by atoms with Crippen LogP contribution in [0.2, 0.25) is 0 Å². The van der Waals surface area contributed by atoms with Gasteiger partial charge in [0, 0.05) is 30.2 Å². The molecule has 1 aromatic carbocycles. The van der Waals surface area contributed by atoms with Gasteiger partial charge in [0.2, 0.25) is 0 Å². The minimum Gasteiger partial charge on any atom is -0.397 e. The third-order valence-corrected chi connectivity index (χ3v) is 6.57. The van der Waals surface area contributed by atoms with Crippen molar-refractivity contribution in [2.75, 3.05) is 23.7 Å². The lowest BCUT2D eigenvalue weighted by atomic mass is 10.0. The van der Waals surface area contributed by atoms with Crippen LogP contribution in [0.15, 0.2) is 60.2 Å². The zero-order valence-electron chi connectivity index (χ0n) is 18.2. The lowest BCUT2D eigenvalue weighted by Crippen LogP contribution is -2.31. The number of nitrogens with one attached hydrogen (secondary N) is 1. The quantitative estimate of drug-likeness (QED) is 0.540. The van der Waals surface area contributed by atoms with E-state index in [-0.39, 0.29) is 5.91 Å². The lowest BCUT2D eigenvalue weighted by Gasteiger charge is -2.21. The van der Waals surface area contributed by atoms with Gasteiger partial charge in [-0.15, -0.1) is 11.3 Å². The smallest absolute Gasteiger partial charge is 0.270 e. The number of rotatable bonds is 5. The number of nitrogens with zero attached hydrogens (tertiary/aromatic N) is 2. The topological polar surface area (TPSA) is 71.2 Å². The molecule has 0 spiro atoms. The van der Waals surface area contributed by atoms with E-state index in [0.29, 0.717) is 23.2 Å². The first-order valence-electron chi connectivity index (χ1n) is 10.6. The molecule has 0 bridgehead atoms. The maximum atomic E-state index is 13.5. The number of nitrogen functional groups attached to an aromatic ring is 1. The summed E-state index contributed by atoms with van der Waals surface area (Å²) in [6.45, 7) is 7.53. The second-order valence-electron chi connectivity index (χ2n) is 8.17. The molecule has 1 atom stereocenters. The van der Waals surface area contributed by atoms with Gasteiger partial charge in [-0.2, -0.15) is 0 Å². The van der Waals surface area contributed by atoms with Gasteiger partial charge in [-0.3, -0.25) is 4.79 Å². The number of benzene rings is 1. The maximum absolute atomic E-state index is 13.5. The summed E-state index contributed by atoms with van der Waals surface area (Å²) in [5.41, 5.74) is 11.1. The van der Waals surface area contributed by atoms with E-state index in [0.717, 1.165) is 40.1 Å². The molecule has 0 saturated carbocycles. The van der Waals surface area contributed by atoms with Gasteiger partial charge in [0.05, 0.1) is 11.4 Å². The van der Waals surface area contributed by atoms with E-state index in [1.165, 1.54) is 16.9 Å². The molecule has 0 radical (unpaired) electrons. The summed E-state index contributed by atoms with van der Waals surface area (Å²) >= 11 is 1.37. The third kappa shape index (κ3) is 4.55. The minimum absolute atomic E-state index is 0.0990. The van der Waals surface area contributed by atoms with Crippen molar-refractivity contribution in [1.29, 1.82) is 0 Å². The molecule has 3 N–H and O–H groups in total. The first-order chi connectivity index (χ1) is 14.9. The molecule has 1 amide bonds. The highest BCUT2D eigenvalue weighted by Gasteiger charge is 2.24. The van der Waals surface area contributed by atoms with Crippen molar-refractivity contribution < 1.29 is 4.79 Å². The molecular weight excluding hydrogens is 404 g/mol. The van der Waals surface area contributed by atoms with Gasteiger partial charge in [0.15, 0.2) is 0 Å². The summed E-state index contributed by atoms with van der Waals surface area (Å²) in [5.74, 6) is -0.0990. The van der Waals surface area contributed by atoms with E-state index in [4.69, 9.17) is 10.7 Å². The van der Waals surface area contributed by atoms with Gasteiger partial charge >= 0.3 is 0 Å². The predicted octanol–water partition coefficient (Wildman–Crippen LogP) is 5.26. The minimum atomic E-state index is -0.0990. The highest BCUT2D eigenvalue weighted by molar-refractivity contribution is 7.21. The molecule has 1 aliphatic heterocycles. The van der Waals surface area contributed by atoms with Crippen LogP contribution in [0.25, 0.3) is 15.8 Å². The molecule has 160 valence electrons. The molecule has 1 aliphatic rings. The highest BCUT2D eigenvalue weighted by atomic mass is 32.1. The number of carbonyl (C=O) groups is 1. The first kappa shape index (κ1) is 21.3. The van der Waals surface area contributed by atoms with Crippen molar-refractivity contribution in [1.82, 2.24) is 10.3 Å². The van der Waals surface area contributed by atoms with Crippen molar-refractivity contribution in [2.24, 2.45) is 0 Å². The molecule has 0 unspecified atom stereocenters. The number of aromatic nitrogens is 1. The van der Waals surface area contributed by atoms with E-state index in [1.807, 2.05) is 62.4 Å². The molecule has 6 heteroatoms. The Morgan fingerprint density at radius 2 is 2.03 bits per heavy atom. The highest BCUT2D eigenvalue weighted by Crippen LogP contribution is 2.35. The van der Waals surface area contributed by atoms with Crippen molar-refractivity contribution in [2.45, 2.75) is 33.2 Å². The monoisotopic (exact) mass is 432 g/mol. The zero-order chi connectivity index (χ0) is 22.0. The fourth-order valence-corrected chi connectivity index (χ4v) is 4.64. The average molecular weight is 433 g/mol. The number of para-hydroxylation sites is 1. The van der Waals surface area contributed by atoms with Crippen molar-refractivity contribution in [3.8, 4) is 0 Å². The molecular formula is C25H28N4OS. The van der Waals surface area contributed by atoms with Gasteiger partial charge in [0.1, 0.15) is 9.71 Å². The Balaban J connectivity index is 1.71. The van der Waals surface area contributed by atoms with E-state index in [1.54, 1.807) is 4.90 Å². The Labute approximate surface area is 187 Å². The third-order valence-electron chi connectivity index (χ3n) is 5.47. The van der Waals surface area contributed by atoms with Gasteiger partial charge in [-0.05, 0) is 57.0 Å².